The van der Waals surface area contributed by atoms with E-state index in [9.17, 15) is 13.6 Å². The lowest BCUT2D eigenvalue weighted by molar-refractivity contribution is -0.121. The third kappa shape index (κ3) is 7.75. The van der Waals surface area contributed by atoms with E-state index in [1.165, 1.54) is 23.3 Å². The van der Waals surface area contributed by atoms with Crippen molar-refractivity contribution in [3.63, 3.8) is 0 Å². The molecule has 3 nitrogen and oxygen atoms in total. The molecule has 1 N–H and O–H groups in total. The second-order valence-corrected chi connectivity index (χ2v) is 12.3. The van der Waals surface area contributed by atoms with Crippen molar-refractivity contribution < 1.29 is 13.6 Å². The number of halogens is 3. The molecule has 5 rings (SSSR count). The highest BCUT2D eigenvalue weighted by molar-refractivity contribution is 6.30. The molecule has 1 amide bonds. The van der Waals surface area contributed by atoms with Crippen molar-refractivity contribution in [3.05, 3.63) is 142 Å². The Morgan fingerprint density at radius 1 is 0.909 bits per heavy atom. The van der Waals surface area contributed by atoms with Gasteiger partial charge in [0.25, 0.3) is 0 Å². The predicted octanol–water partition coefficient (Wildman–Crippen LogP) is 8.83. The van der Waals surface area contributed by atoms with E-state index in [1.807, 2.05) is 0 Å². The minimum Gasteiger partial charge on any atom is -0.356 e. The standard InChI is InChI=1S/C38H41ClF2N2O/c1-28-34-27-36(41)35(39)26-30(34)20-25-43(28)24-9-22-38(31-10-4-2-5-11-31,32-12-6-3-7-13-32)21-8-23-42-37(44)19-16-29-14-17-33(40)18-15-29/h2-7,10-15,17-18,26-28H,8-9,16,19-25H2,1H3,(H,42,44). The van der Waals surface area contributed by atoms with Crippen LogP contribution in [-0.2, 0) is 23.1 Å². The number of nitrogens with one attached hydrogen (secondary N) is 1. The van der Waals surface area contributed by atoms with Crippen LogP contribution in [0, 0.1) is 11.6 Å². The smallest absolute Gasteiger partial charge is 0.220 e. The molecule has 1 atom stereocenters. The van der Waals surface area contributed by atoms with Gasteiger partial charge in [0.15, 0.2) is 0 Å². The van der Waals surface area contributed by atoms with Crippen molar-refractivity contribution in [2.75, 3.05) is 19.6 Å². The largest absolute Gasteiger partial charge is 0.356 e. The summed E-state index contributed by atoms with van der Waals surface area (Å²) >= 11 is 6.07. The van der Waals surface area contributed by atoms with E-state index in [1.54, 1.807) is 24.3 Å². The lowest BCUT2D eigenvalue weighted by atomic mass is 9.68. The maximum atomic E-state index is 14.3. The van der Waals surface area contributed by atoms with E-state index in [0.29, 0.717) is 19.4 Å². The zero-order valence-electron chi connectivity index (χ0n) is 25.4. The Labute approximate surface area is 265 Å². The molecule has 44 heavy (non-hydrogen) atoms. The molecular formula is C38H41ClF2N2O. The van der Waals surface area contributed by atoms with Gasteiger partial charge in [-0.05, 0) is 104 Å². The summed E-state index contributed by atoms with van der Waals surface area (Å²) in [5.41, 5.74) is 5.48. The normalized spacial score (nSPS) is 15.1. The third-order valence-electron chi connectivity index (χ3n) is 9.21. The van der Waals surface area contributed by atoms with E-state index < -0.39 is 0 Å². The van der Waals surface area contributed by atoms with Gasteiger partial charge in [-0.3, -0.25) is 9.69 Å². The van der Waals surface area contributed by atoms with Gasteiger partial charge in [-0.2, -0.15) is 0 Å². The van der Waals surface area contributed by atoms with Gasteiger partial charge in [-0.1, -0.05) is 84.4 Å². The monoisotopic (exact) mass is 614 g/mol. The molecule has 0 saturated heterocycles. The van der Waals surface area contributed by atoms with Crippen LogP contribution in [0.3, 0.4) is 0 Å². The van der Waals surface area contributed by atoms with E-state index in [4.69, 9.17) is 11.6 Å². The van der Waals surface area contributed by atoms with Gasteiger partial charge < -0.3 is 5.32 Å². The molecule has 0 spiro atoms. The molecule has 0 aliphatic carbocycles. The average Bonchev–Trinajstić information content (AvgIpc) is 3.05. The number of aryl methyl sites for hydroxylation is 1. The predicted molar refractivity (Wildman–Crippen MR) is 175 cm³/mol. The van der Waals surface area contributed by atoms with Gasteiger partial charge in [0.05, 0.1) is 5.02 Å². The summed E-state index contributed by atoms with van der Waals surface area (Å²) in [7, 11) is 0. The molecule has 0 fully saturated rings. The molecule has 1 aliphatic heterocycles. The Hall–Kier alpha value is -3.54. The minimum absolute atomic E-state index is 0.0106. The maximum Gasteiger partial charge on any atom is 0.220 e. The van der Waals surface area contributed by atoms with E-state index >= 15 is 0 Å². The Bertz CT molecular complexity index is 1470. The summed E-state index contributed by atoms with van der Waals surface area (Å²) in [6.45, 7) is 4.58. The van der Waals surface area contributed by atoms with Crippen LogP contribution in [-0.4, -0.2) is 30.4 Å². The summed E-state index contributed by atoms with van der Waals surface area (Å²) in [5.74, 6) is -0.611. The zero-order chi connectivity index (χ0) is 30.9. The first-order valence-corrected chi connectivity index (χ1v) is 16.1. The van der Waals surface area contributed by atoms with Gasteiger partial charge in [0.2, 0.25) is 5.91 Å². The fraction of sp³-hybridized carbons (Fsp3) is 0.342. The second-order valence-electron chi connectivity index (χ2n) is 11.9. The molecular weight excluding hydrogens is 574 g/mol. The van der Waals surface area contributed by atoms with Crippen LogP contribution in [0.15, 0.2) is 97.1 Å². The fourth-order valence-corrected chi connectivity index (χ4v) is 6.94. The number of hydrogen-bond acceptors (Lipinski definition) is 2. The molecule has 4 aromatic rings. The van der Waals surface area contributed by atoms with Crippen molar-refractivity contribution in [2.45, 2.75) is 63.3 Å². The Kier molecular flexibility index (Phi) is 10.8. The van der Waals surface area contributed by atoms with Crippen LogP contribution in [0.2, 0.25) is 5.02 Å². The Balaban J connectivity index is 1.26. The lowest BCUT2D eigenvalue weighted by Gasteiger charge is -2.39. The molecule has 1 unspecified atom stereocenters. The molecule has 1 heterocycles. The van der Waals surface area contributed by atoms with Crippen LogP contribution < -0.4 is 5.32 Å². The van der Waals surface area contributed by atoms with Gasteiger partial charge in [-0.15, -0.1) is 0 Å². The number of fused-ring (bicyclic) bond motifs is 1. The van der Waals surface area contributed by atoms with Crippen molar-refractivity contribution in [1.29, 1.82) is 0 Å². The summed E-state index contributed by atoms with van der Waals surface area (Å²) < 4.78 is 27.5. The molecule has 0 bridgehead atoms. The summed E-state index contributed by atoms with van der Waals surface area (Å²) in [6, 6.07) is 31.3. The third-order valence-corrected chi connectivity index (χ3v) is 9.50. The number of benzene rings is 4. The van der Waals surface area contributed by atoms with Crippen LogP contribution in [0.25, 0.3) is 0 Å². The first kappa shape index (κ1) is 31.9. The van der Waals surface area contributed by atoms with Crippen molar-refractivity contribution >= 4 is 17.5 Å². The van der Waals surface area contributed by atoms with Gasteiger partial charge in [0, 0.05) is 31.0 Å². The number of nitrogens with zero attached hydrogens (tertiary/aromatic N) is 1. The van der Waals surface area contributed by atoms with Crippen LogP contribution in [0.5, 0.6) is 0 Å². The van der Waals surface area contributed by atoms with Gasteiger partial charge in [0.1, 0.15) is 11.6 Å². The highest BCUT2D eigenvalue weighted by Gasteiger charge is 2.34. The molecule has 0 saturated carbocycles. The average molecular weight is 615 g/mol. The fourth-order valence-electron chi connectivity index (χ4n) is 6.75. The first-order valence-electron chi connectivity index (χ1n) is 15.7. The van der Waals surface area contributed by atoms with E-state index in [0.717, 1.165) is 61.9 Å². The molecule has 6 heteroatoms. The van der Waals surface area contributed by atoms with Crippen molar-refractivity contribution in [1.82, 2.24) is 10.2 Å². The highest BCUT2D eigenvalue weighted by atomic mass is 35.5. The second kappa shape index (κ2) is 15.0. The number of carbonyl (C=O) groups excluding carboxylic acids is 1. The quantitative estimate of drug-likeness (QED) is 0.153. The Morgan fingerprint density at radius 3 is 2.20 bits per heavy atom. The summed E-state index contributed by atoms with van der Waals surface area (Å²) in [4.78, 5) is 15.1. The number of rotatable bonds is 13. The topological polar surface area (TPSA) is 32.3 Å². The summed E-state index contributed by atoms with van der Waals surface area (Å²) in [6.07, 6.45) is 5.47. The lowest BCUT2D eigenvalue weighted by Crippen LogP contribution is -2.36. The van der Waals surface area contributed by atoms with Crippen LogP contribution >= 0.6 is 11.6 Å². The minimum atomic E-state index is -0.353. The molecule has 4 aromatic carbocycles. The van der Waals surface area contributed by atoms with Crippen LogP contribution in [0.4, 0.5) is 8.78 Å². The number of carbonyl (C=O) groups is 1. The molecule has 230 valence electrons. The summed E-state index contributed by atoms with van der Waals surface area (Å²) in [5, 5.41) is 3.31. The Morgan fingerprint density at radius 2 is 1.55 bits per heavy atom. The molecule has 0 radical (unpaired) electrons. The molecule has 1 aliphatic rings. The van der Waals surface area contributed by atoms with Crippen molar-refractivity contribution in [2.24, 2.45) is 0 Å². The highest BCUT2D eigenvalue weighted by Crippen LogP contribution is 2.41. The van der Waals surface area contributed by atoms with Crippen molar-refractivity contribution in [3.8, 4) is 0 Å². The van der Waals surface area contributed by atoms with Gasteiger partial charge in [-0.25, -0.2) is 8.78 Å². The van der Waals surface area contributed by atoms with Gasteiger partial charge >= 0.3 is 0 Å². The van der Waals surface area contributed by atoms with E-state index in [2.05, 4.69) is 77.8 Å². The number of amides is 1. The zero-order valence-corrected chi connectivity index (χ0v) is 26.1. The SMILES string of the molecule is CC1c2cc(F)c(Cl)cc2CCN1CCCC(CCCNC(=O)CCc1ccc(F)cc1)(c1ccccc1)c1ccccc1. The number of hydrogen-bond donors (Lipinski definition) is 1. The maximum absolute atomic E-state index is 14.3. The van der Waals surface area contributed by atoms with E-state index in [-0.39, 0.29) is 34.0 Å². The first-order chi connectivity index (χ1) is 21.4. The molecule has 0 aromatic heterocycles. The van der Waals surface area contributed by atoms with Crippen LogP contribution in [0.1, 0.15) is 72.9 Å².